The van der Waals surface area contributed by atoms with Crippen molar-refractivity contribution < 1.29 is 0 Å². The Hall–Kier alpha value is -1.06. The summed E-state index contributed by atoms with van der Waals surface area (Å²) < 4.78 is 0. The molecule has 0 aromatic heterocycles. The molecule has 1 rings (SSSR count). The van der Waals surface area contributed by atoms with E-state index < -0.39 is 0 Å². The Bertz CT molecular complexity index is 293. The summed E-state index contributed by atoms with van der Waals surface area (Å²) in [6.45, 7) is 2.85. The number of nitrogens with two attached hydrogens (primary N) is 1. The van der Waals surface area contributed by atoms with Crippen LogP contribution >= 0.6 is 0 Å². The second kappa shape index (κ2) is 8.09. The Balaban J connectivity index is 2.19. The molecule has 0 aliphatic heterocycles. The number of rotatable bonds is 8. The van der Waals surface area contributed by atoms with Gasteiger partial charge in [0, 0.05) is 26.3 Å². The van der Waals surface area contributed by atoms with Crippen molar-refractivity contribution in [2.45, 2.75) is 25.8 Å². The lowest BCUT2D eigenvalue weighted by atomic mass is 10.2. The summed E-state index contributed by atoms with van der Waals surface area (Å²) in [5, 5.41) is 3.45. The van der Waals surface area contributed by atoms with Crippen LogP contribution in [-0.2, 0) is 6.54 Å². The van der Waals surface area contributed by atoms with Crippen LogP contribution in [0.3, 0.4) is 0 Å². The van der Waals surface area contributed by atoms with Crippen LogP contribution in [0.5, 0.6) is 0 Å². The molecule has 0 unspecified atom stereocenters. The second-order valence-corrected chi connectivity index (χ2v) is 4.59. The topological polar surface area (TPSA) is 41.3 Å². The van der Waals surface area contributed by atoms with Crippen molar-refractivity contribution in [3.63, 3.8) is 0 Å². The zero-order valence-corrected chi connectivity index (χ0v) is 11.1. The maximum atomic E-state index is 5.45. The van der Waals surface area contributed by atoms with E-state index in [1.165, 1.54) is 24.1 Å². The van der Waals surface area contributed by atoms with Crippen LogP contribution in [0, 0.1) is 0 Å². The molecule has 0 aliphatic rings. The zero-order chi connectivity index (χ0) is 12.5. The molecule has 3 heteroatoms. The highest BCUT2D eigenvalue weighted by Crippen LogP contribution is 2.11. The molecule has 3 nitrogen and oxygen atoms in total. The molecule has 17 heavy (non-hydrogen) atoms. The van der Waals surface area contributed by atoms with Crippen LogP contribution in [0.4, 0.5) is 5.69 Å². The van der Waals surface area contributed by atoms with Gasteiger partial charge in [0.25, 0.3) is 0 Å². The minimum Gasteiger partial charge on any atom is -0.378 e. The van der Waals surface area contributed by atoms with E-state index in [0.717, 1.165) is 26.1 Å². The highest BCUT2D eigenvalue weighted by Gasteiger charge is 1.96. The minimum absolute atomic E-state index is 0.812. The molecule has 3 N–H and O–H groups in total. The summed E-state index contributed by atoms with van der Waals surface area (Å²) >= 11 is 0. The quantitative estimate of drug-likeness (QED) is 0.677. The molecule has 0 aliphatic carbocycles. The molecule has 96 valence electrons. The standard InChI is InChI=1S/C14H25N3/c1-17(2)14-8-6-13(7-9-14)12-16-11-5-3-4-10-15/h6-9,16H,3-5,10-12,15H2,1-2H3. The van der Waals surface area contributed by atoms with E-state index in [1.54, 1.807) is 0 Å². The average Bonchev–Trinajstić information content (AvgIpc) is 2.34. The van der Waals surface area contributed by atoms with Crippen LogP contribution in [0.25, 0.3) is 0 Å². The number of hydrogen-bond acceptors (Lipinski definition) is 3. The van der Waals surface area contributed by atoms with Gasteiger partial charge in [-0.25, -0.2) is 0 Å². The van der Waals surface area contributed by atoms with Crippen molar-refractivity contribution in [3.05, 3.63) is 29.8 Å². The molecule has 0 fully saturated rings. The number of nitrogens with zero attached hydrogens (tertiary/aromatic N) is 1. The second-order valence-electron chi connectivity index (χ2n) is 4.59. The van der Waals surface area contributed by atoms with Crippen LogP contribution in [0.15, 0.2) is 24.3 Å². The maximum Gasteiger partial charge on any atom is 0.0361 e. The van der Waals surface area contributed by atoms with Gasteiger partial charge in [-0.3, -0.25) is 0 Å². The van der Waals surface area contributed by atoms with E-state index in [9.17, 15) is 0 Å². The lowest BCUT2D eigenvalue weighted by Crippen LogP contribution is -2.15. The smallest absolute Gasteiger partial charge is 0.0361 e. The first-order valence-corrected chi connectivity index (χ1v) is 6.41. The van der Waals surface area contributed by atoms with Crippen LogP contribution in [0.2, 0.25) is 0 Å². The van der Waals surface area contributed by atoms with Crippen molar-refractivity contribution in [3.8, 4) is 0 Å². The zero-order valence-electron chi connectivity index (χ0n) is 11.1. The molecule has 0 bridgehead atoms. The number of anilines is 1. The summed E-state index contributed by atoms with van der Waals surface area (Å²) in [6, 6.07) is 8.68. The molecule has 0 spiro atoms. The van der Waals surface area contributed by atoms with Gasteiger partial charge in [-0.05, 0) is 43.6 Å². The largest absolute Gasteiger partial charge is 0.378 e. The third kappa shape index (κ3) is 5.71. The summed E-state index contributed by atoms with van der Waals surface area (Å²) in [7, 11) is 4.12. The third-order valence-electron chi connectivity index (χ3n) is 2.84. The van der Waals surface area contributed by atoms with Crippen molar-refractivity contribution in [1.82, 2.24) is 5.32 Å². The number of benzene rings is 1. The van der Waals surface area contributed by atoms with Crippen LogP contribution < -0.4 is 16.0 Å². The van der Waals surface area contributed by atoms with Crippen LogP contribution in [0.1, 0.15) is 24.8 Å². The summed E-state index contributed by atoms with van der Waals surface area (Å²) in [4.78, 5) is 2.12. The van der Waals surface area contributed by atoms with Crippen molar-refractivity contribution in [2.75, 3.05) is 32.1 Å². The molecular formula is C14H25N3. The predicted molar refractivity (Wildman–Crippen MR) is 75.4 cm³/mol. The van der Waals surface area contributed by atoms with Gasteiger partial charge in [0.05, 0.1) is 0 Å². The van der Waals surface area contributed by atoms with Gasteiger partial charge in [-0.15, -0.1) is 0 Å². The van der Waals surface area contributed by atoms with Gasteiger partial charge in [-0.2, -0.15) is 0 Å². The SMILES string of the molecule is CN(C)c1ccc(CNCCCCCN)cc1. The highest BCUT2D eigenvalue weighted by atomic mass is 15.1. The molecule has 0 saturated heterocycles. The molecule has 0 radical (unpaired) electrons. The van der Waals surface area contributed by atoms with Gasteiger partial charge in [0.2, 0.25) is 0 Å². The Morgan fingerprint density at radius 2 is 1.76 bits per heavy atom. The molecule has 0 saturated carbocycles. The van der Waals surface area contributed by atoms with Gasteiger partial charge < -0.3 is 16.0 Å². The fraction of sp³-hybridized carbons (Fsp3) is 0.571. The summed E-state index contributed by atoms with van der Waals surface area (Å²) in [6.07, 6.45) is 3.58. The Kier molecular flexibility index (Phi) is 6.67. The van der Waals surface area contributed by atoms with E-state index in [0.29, 0.717) is 0 Å². The van der Waals surface area contributed by atoms with Crippen LogP contribution in [-0.4, -0.2) is 27.2 Å². The monoisotopic (exact) mass is 235 g/mol. The van der Waals surface area contributed by atoms with Crippen molar-refractivity contribution >= 4 is 5.69 Å². The first-order chi connectivity index (χ1) is 8.24. The van der Waals surface area contributed by atoms with Gasteiger partial charge in [0.15, 0.2) is 0 Å². The van der Waals surface area contributed by atoms with Gasteiger partial charge >= 0.3 is 0 Å². The third-order valence-corrected chi connectivity index (χ3v) is 2.84. The fourth-order valence-corrected chi connectivity index (χ4v) is 1.72. The first-order valence-electron chi connectivity index (χ1n) is 6.41. The highest BCUT2D eigenvalue weighted by molar-refractivity contribution is 5.45. The molecular weight excluding hydrogens is 210 g/mol. The lowest BCUT2D eigenvalue weighted by molar-refractivity contribution is 0.606. The number of hydrogen-bond donors (Lipinski definition) is 2. The molecule has 0 heterocycles. The normalized spacial score (nSPS) is 10.5. The first kappa shape index (κ1) is 14.0. The Morgan fingerprint density at radius 3 is 2.35 bits per heavy atom. The van der Waals surface area contributed by atoms with E-state index in [1.807, 2.05) is 0 Å². The minimum atomic E-state index is 0.812. The summed E-state index contributed by atoms with van der Waals surface area (Å²) in [5.41, 5.74) is 8.04. The maximum absolute atomic E-state index is 5.45. The van der Waals surface area contributed by atoms with E-state index in [-0.39, 0.29) is 0 Å². The summed E-state index contributed by atoms with van der Waals surface area (Å²) in [5.74, 6) is 0. The van der Waals surface area contributed by atoms with E-state index >= 15 is 0 Å². The molecule has 0 atom stereocenters. The van der Waals surface area contributed by atoms with Gasteiger partial charge in [0.1, 0.15) is 0 Å². The van der Waals surface area contributed by atoms with Gasteiger partial charge in [-0.1, -0.05) is 18.6 Å². The number of unbranched alkanes of at least 4 members (excludes halogenated alkanes) is 2. The average molecular weight is 235 g/mol. The Morgan fingerprint density at radius 1 is 1.06 bits per heavy atom. The van der Waals surface area contributed by atoms with E-state index in [2.05, 4.69) is 48.6 Å². The lowest BCUT2D eigenvalue weighted by Gasteiger charge is -2.12. The molecule has 1 aromatic rings. The molecule has 1 aromatic carbocycles. The van der Waals surface area contributed by atoms with Crippen molar-refractivity contribution in [1.29, 1.82) is 0 Å². The predicted octanol–water partition coefficient (Wildman–Crippen LogP) is 1.97. The number of nitrogens with one attached hydrogen (secondary N) is 1. The van der Waals surface area contributed by atoms with Crippen molar-refractivity contribution in [2.24, 2.45) is 5.73 Å². The molecule has 0 amide bonds. The fourth-order valence-electron chi connectivity index (χ4n) is 1.72. The Labute approximate surface area is 105 Å². The van der Waals surface area contributed by atoms with E-state index in [4.69, 9.17) is 5.73 Å².